The molecule has 1 N–H and O–H groups in total. The molecule has 0 aliphatic heterocycles. The molecule has 0 bridgehead atoms. The van der Waals surface area contributed by atoms with E-state index >= 15 is 0 Å². The van der Waals surface area contributed by atoms with Crippen molar-refractivity contribution < 1.29 is 0 Å². The molecule has 1 aliphatic rings. The number of hydrogen-bond acceptors (Lipinski definition) is 1. The molecular formula is C16H24ClN. The van der Waals surface area contributed by atoms with Gasteiger partial charge in [0.05, 0.1) is 0 Å². The Kier molecular flexibility index (Phi) is 4.34. The predicted octanol–water partition coefficient (Wildman–Crippen LogP) is 4.36. The first kappa shape index (κ1) is 13.9. The lowest BCUT2D eigenvalue weighted by Crippen LogP contribution is -2.36. The number of aryl methyl sites for hydroxylation is 1. The van der Waals surface area contributed by atoms with Gasteiger partial charge >= 0.3 is 0 Å². The van der Waals surface area contributed by atoms with Crippen molar-refractivity contribution in [2.45, 2.75) is 52.5 Å². The minimum absolute atomic E-state index is 0.452. The van der Waals surface area contributed by atoms with Gasteiger partial charge in [-0.25, -0.2) is 0 Å². The van der Waals surface area contributed by atoms with Gasteiger partial charge in [-0.2, -0.15) is 0 Å². The van der Waals surface area contributed by atoms with Gasteiger partial charge in [-0.05, 0) is 68.7 Å². The van der Waals surface area contributed by atoms with E-state index in [9.17, 15) is 0 Å². The first-order valence-corrected chi connectivity index (χ1v) is 7.43. The van der Waals surface area contributed by atoms with Crippen LogP contribution < -0.4 is 5.32 Å². The minimum Gasteiger partial charge on any atom is -0.314 e. The van der Waals surface area contributed by atoms with E-state index in [1.807, 2.05) is 0 Å². The second kappa shape index (κ2) is 5.63. The van der Waals surface area contributed by atoms with Crippen LogP contribution in [0.3, 0.4) is 0 Å². The summed E-state index contributed by atoms with van der Waals surface area (Å²) in [5.41, 5.74) is 3.00. The third-order valence-electron chi connectivity index (χ3n) is 4.26. The molecule has 0 saturated heterocycles. The fourth-order valence-corrected chi connectivity index (χ4v) is 2.98. The van der Waals surface area contributed by atoms with Gasteiger partial charge in [0.1, 0.15) is 0 Å². The van der Waals surface area contributed by atoms with E-state index in [-0.39, 0.29) is 0 Å². The van der Waals surface area contributed by atoms with Gasteiger partial charge in [0, 0.05) is 11.1 Å². The van der Waals surface area contributed by atoms with Crippen molar-refractivity contribution in [2.75, 3.05) is 6.54 Å². The Balaban J connectivity index is 2.04. The quantitative estimate of drug-likeness (QED) is 0.806. The zero-order chi connectivity index (χ0) is 13.2. The van der Waals surface area contributed by atoms with Gasteiger partial charge in [-0.3, -0.25) is 0 Å². The lowest BCUT2D eigenvalue weighted by molar-refractivity contribution is 0.350. The summed E-state index contributed by atoms with van der Waals surface area (Å²) >= 11 is 6.35. The van der Waals surface area contributed by atoms with Crippen LogP contribution in [0, 0.1) is 12.3 Å². The molecule has 2 rings (SSSR count). The summed E-state index contributed by atoms with van der Waals surface area (Å²) in [6.07, 6.45) is 4.97. The fraction of sp³-hybridized carbons (Fsp3) is 0.625. The zero-order valence-electron chi connectivity index (χ0n) is 11.7. The third-order valence-corrected chi connectivity index (χ3v) is 4.61. The summed E-state index contributed by atoms with van der Waals surface area (Å²) < 4.78 is 0. The molecule has 0 amide bonds. The number of benzene rings is 1. The van der Waals surface area contributed by atoms with Crippen molar-refractivity contribution in [3.8, 4) is 0 Å². The SMILES string of the molecule is CCCNC(C)C1(Cc2ccc(C)cc2Cl)CC1. The van der Waals surface area contributed by atoms with E-state index in [2.05, 4.69) is 44.3 Å². The highest BCUT2D eigenvalue weighted by Gasteiger charge is 2.47. The molecule has 0 spiro atoms. The summed E-state index contributed by atoms with van der Waals surface area (Å²) in [5, 5.41) is 4.58. The van der Waals surface area contributed by atoms with Gasteiger partial charge in [-0.15, -0.1) is 0 Å². The van der Waals surface area contributed by atoms with Gasteiger partial charge in [-0.1, -0.05) is 30.7 Å². The molecule has 0 radical (unpaired) electrons. The first-order chi connectivity index (χ1) is 8.57. The standard InChI is InChI=1S/C16H24ClN/c1-4-9-18-13(3)16(7-8-16)11-14-6-5-12(2)10-15(14)17/h5-6,10,13,18H,4,7-9,11H2,1-3H3. The molecular weight excluding hydrogens is 242 g/mol. The van der Waals surface area contributed by atoms with Crippen molar-refractivity contribution in [1.29, 1.82) is 0 Å². The highest BCUT2D eigenvalue weighted by molar-refractivity contribution is 6.31. The molecule has 2 heteroatoms. The Hall–Kier alpha value is -0.530. The van der Waals surface area contributed by atoms with Gasteiger partial charge in [0.2, 0.25) is 0 Å². The Bertz CT molecular complexity index is 410. The van der Waals surface area contributed by atoms with Crippen molar-refractivity contribution in [3.63, 3.8) is 0 Å². The van der Waals surface area contributed by atoms with E-state index < -0.39 is 0 Å². The maximum atomic E-state index is 6.35. The Morgan fingerprint density at radius 3 is 2.67 bits per heavy atom. The average Bonchev–Trinajstić information content (AvgIpc) is 3.11. The normalized spacial score (nSPS) is 18.7. The van der Waals surface area contributed by atoms with E-state index in [4.69, 9.17) is 11.6 Å². The van der Waals surface area contributed by atoms with Crippen molar-refractivity contribution in [3.05, 3.63) is 34.3 Å². The third kappa shape index (κ3) is 3.07. The van der Waals surface area contributed by atoms with Gasteiger partial charge in [0.15, 0.2) is 0 Å². The molecule has 1 fully saturated rings. The van der Waals surface area contributed by atoms with Crippen LogP contribution in [0.2, 0.25) is 5.02 Å². The molecule has 1 aromatic rings. The molecule has 0 aromatic heterocycles. The molecule has 0 heterocycles. The highest BCUT2D eigenvalue weighted by atomic mass is 35.5. The molecule has 1 aromatic carbocycles. The van der Waals surface area contributed by atoms with Crippen LogP contribution in [-0.2, 0) is 6.42 Å². The maximum absolute atomic E-state index is 6.35. The summed E-state index contributed by atoms with van der Waals surface area (Å²) in [4.78, 5) is 0. The molecule has 100 valence electrons. The van der Waals surface area contributed by atoms with Crippen LogP contribution in [0.15, 0.2) is 18.2 Å². The summed E-state index contributed by atoms with van der Waals surface area (Å²) in [7, 11) is 0. The molecule has 1 saturated carbocycles. The van der Waals surface area contributed by atoms with Gasteiger partial charge in [0.25, 0.3) is 0 Å². The number of halogens is 1. The first-order valence-electron chi connectivity index (χ1n) is 7.06. The van der Waals surface area contributed by atoms with Crippen molar-refractivity contribution >= 4 is 11.6 Å². The Labute approximate surface area is 116 Å². The number of hydrogen-bond donors (Lipinski definition) is 1. The maximum Gasteiger partial charge on any atom is 0.0440 e. The van der Waals surface area contributed by atoms with Crippen LogP contribution in [-0.4, -0.2) is 12.6 Å². The topological polar surface area (TPSA) is 12.0 Å². The summed E-state index contributed by atoms with van der Waals surface area (Å²) in [6.45, 7) is 7.75. The summed E-state index contributed by atoms with van der Waals surface area (Å²) in [6, 6.07) is 7.04. The summed E-state index contributed by atoms with van der Waals surface area (Å²) in [5.74, 6) is 0. The molecule has 1 unspecified atom stereocenters. The Morgan fingerprint density at radius 2 is 2.11 bits per heavy atom. The van der Waals surface area contributed by atoms with E-state index in [1.54, 1.807) is 0 Å². The lowest BCUT2D eigenvalue weighted by Gasteiger charge is -2.25. The largest absolute Gasteiger partial charge is 0.314 e. The molecule has 1 aliphatic carbocycles. The van der Waals surface area contributed by atoms with Crippen LogP contribution in [0.25, 0.3) is 0 Å². The fourth-order valence-electron chi connectivity index (χ4n) is 2.68. The Morgan fingerprint density at radius 1 is 1.39 bits per heavy atom. The van der Waals surface area contributed by atoms with E-state index in [0.717, 1.165) is 18.0 Å². The minimum atomic E-state index is 0.452. The number of nitrogens with one attached hydrogen (secondary N) is 1. The predicted molar refractivity (Wildman–Crippen MR) is 79.3 cm³/mol. The average molecular weight is 266 g/mol. The van der Waals surface area contributed by atoms with E-state index in [0.29, 0.717) is 11.5 Å². The number of rotatable bonds is 6. The second-order valence-electron chi connectivity index (χ2n) is 5.81. The van der Waals surface area contributed by atoms with Crippen molar-refractivity contribution in [2.24, 2.45) is 5.41 Å². The molecule has 1 atom stereocenters. The van der Waals surface area contributed by atoms with Crippen LogP contribution >= 0.6 is 11.6 Å². The highest BCUT2D eigenvalue weighted by Crippen LogP contribution is 2.51. The lowest BCUT2D eigenvalue weighted by atomic mass is 9.89. The van der Waals surface area contributed by atoms with E-state index in [1.165, 1.54) is 30.4 Å². The van der Waals surface area contributed by atoms with Crippen LogP contribution in [0.1, 0.15) is 44.2 Å². The molecule has 1 nitrogen and oxygen atoms in total. The van der Waals surface area contributed by atoms with Gasteiger partial charge < -0.3 is 5.32 Å². The van der Waals surface area contributed by atoms with Crippen molar-refractivity contribution in [1.82, 2.24) is 5.32 Å². The second-order valence-corrected chi connectivity index (χ2v) is 6.22. The monoisotopic (exact) mass is 265 g/mol. The zero-order valence-corrected chi connectivity index (χ0v) is 12.5. The smallest absolute Gasteiger partial charge is 0.0440 e. The molecule has 18 heavy (non-hydrogen) atoms. The van der Waals surface area contributed by atoms with Crippen LogP contribution in [0.5, 0.6) is 0 Å². The van der Waals surface area contributed by atoms with Crippen LogP contribution in [0.4, 0.5) is 0 Å².